The highest BCUT2D eigenvalue weighted by molar-refractivity contribution is 6.08. The standard InChI is InChI=1S/C24H18FNO3/c1-14-9-11-15(12-10-14)20-21-16(5-4-6-17(21)25)24(22(20)23(27)28)13-29-19-8-3-2-7-18(19)26-24/h2-12,26H,13H2,1H3,(H,27,28). The van der Waals surface area contributed by atoms with Gasteiger partial charge in [0.1, 0.15) is 23.7 Å². The Morgan fingerprint density at radius 1 is 1.07 bits per heavy atom. The minimum atomic E-state index is -1.18. The van der Waals surface area contributed by atoms with E-state index in [4.69, 9.17) is 4.74 Å². The fourth-order valence-corrected chi connectivity index (χ4v) is 4.33. The summed E-state index contributed by atoms with van der Waals surface area (Å²) in [5.74, 6) is -0.911. The van der Waals surface area contributed by atoms with Crippen LogP contribution in [0, 0.1) is 12.7 Å². The number of ether oxygens (including phenoxy) is 1. The third-order valence-electron chi connectivity index (χ3n) is 5.63. The molecule has 144 valence electrons. The van der Waals surface area contributed by atoms with Gasteiger partial charge in [-0.1, -0.05) is 54.1 Å². The number of aryl methyl sites for hydroxylation is 1. The molecule has 0 saturated heterocycles. The topological polar surface area (TPSA) is 58.6 Å². The van der Waals surface area contributed by atoms with Crippen molar-refractivity contribution in [2.24, 2.45) is 0 Å². The van der Waals surface area contributed by atoms with Gasteiger partial charge in [-0.3, -0.25) is 0 Å². The number of para-hydroxylation sites is 2. The zero-order valence-electron chi connectivity index (χ0n) is 15.7. The van der Waals surface area contributed by atoms with Crippen LogP contribution in [0.5, 0.6) is 5.75 Å². The van der Waals surface area contributed by atoms with Crippen molar-refractivity contribution in [2.45, 2.75) is 12.5 Å². The Morgan fingerprint density at radius 2 is 1.83 bits per heavy atom. The SMILES string of the molecule is Cc1ccc(C2=C(C(=O)O)C3(COc4ccccc4N3)c3cccc(F)c32)cc1. The first kappa shape index (κ1) is 17.5. The van der Waals surface area contributed by atoms with E-state index in [0.29, 0.717) is 33.7 Å². The van der Waals surface area contributed by atoms with Gasteiger partial charge in [0.15, 0.2) is 0 Å². The quantitative estimate of drug-likeness (QED) is 0.667. The van der Waals surface area contributed by atoms with Crippen LogP contribution in [0.3, 0.4) is 0 Å². The van der Waals surface area contributed by atoms with Gasteiger partial charge in [-0.15, -0.1) is 0 Å². The maximum Gasteiger partial charge on any atom is 0.335 e. The smallest absolute Gasteiger partial charge is 0.335 e. The van der Waals surface area contributed by atoms with Crippen LogP contribution in [-0.2, 0) is 10.3 Å². The molecule has 4 nitrogen and oxygen atoms in total. The molecule has 1 heterocycles. The molecular weight excluding hydrogens is 369 g/mol. The predicted octanol–water partition coefficient (Wildman–Crippen LogP) is 4.73. The van der Waals surface area contributed by atoms with E-state index >= 15 is 4.39 Å². The molecule has 2 aliphatic rings. The van der Waals surface area contributed by atoms with Gasteiger partial charge in [-0.2, -0.15) is 0 Å². The highest BCUT2D eigenvalue weighted by Crippen LogP contribution is 2.52. The van der Waals surface area contributed by atoms with Gasteiger partial charge in [0, 0.05) is 11.1 Å². The van der Waals surface area contributed by atoms with E-state index in [-0.39, 0.29) is 12.2 Å². The average Bonchev–Trinajstić information content (AvgIpc) is 3.00. The van der Waals surface area contributed by atoms with E-state index in [1.165, 1.54) is 6.07 Å². The number of fused-ring (bicyclic) bond motifs is 3. The Labute approximate surface area is 167 Å². The molecule has 1 aliphatic carbocycles. The lowest BCUT2D eigenvalue weighted by Gasteiger charge is -2.38. The van der Waals surface area contributed by atoms with Crippen molar-refractivity contribution in [1.29, 1.82) is 0 Å². The maximum atomic E-state index is 15.1. The van der Waals surface area contributed by atoms with Crippen LogP contribution in [0.1, 0.15) is 22.3 Å². The lowest BCUT2D eigenvalue weighted by molar-refractivity contribution is -0.133. The van der Waals surface area contributed by atoms with Crippen molar-refractivity contribution < 1.29 is 19.0 Å². The number of carbonyl (C=O) groups is 1. The molecule has 0 aromatic heterocycles. The van der Waals surface area contributed by atoms with Crippen LogP contribution in [0.25, 0.3) is 5.57 Å². The minimum Gasteiger partial charge on any atom is -0.488 e. The first-order chi connectivity index (χ1) is 14.0. The van der Waals surface area contributed by atoms with Gasteiger partial charge in [-0.25, -0.2) is 9.18 Å². The molecule has 29 heavy (non-hydrogen) atoms. The monoisotopic (exact) mass is 387 g/mol. The van der Waals surface area contributed by atoms with Gasteiger partial charge >= 0.3 is 5.97 Å². The molecule has 5 rings (SSSR count). The van der Waals surface area contributed by atoms with Gasteiger partial charge in [0.2, 0.25) is 0 Å². The molecule has 0 radical (unpaired) electrons. The number of nitrogens with one attached hydrogen (secondary N) is 1. The molecule has 1 atom stereocenters. The third-order valence-corrected chi connectivity index (χ3v) is 5.63. The first-order valence-electron chi connectivity index (χ1n) is 9.36. The van der Waals surface area contributed by atoms with E-state index in [1.807, 2.05) is 55.5 Å². The highest BCUT2D eigenvalue weighted by atomic mass is 19.1. The second-order valence-electron chi connectivity index (χ2n) is 7.40. The Morgan fingerprint density at radius 3 is 2.59 bits per heavy atom. The Bertz CT molecular complexity index is 1180. The number of benzene rings is 3. The van der Waals surface area contributed by atoms with Crippen LogP contribution < -0.4 is 10.1 Å². The van der Waals surface area contributed by atoms with Crippen LogP contribution in [-0.4, -0.2) is 17.7 Å². The third kappa shape index (κ3) is 2.47. The molecule has 5 heteroatoms. The predicted molar refractivity (Wildman–Crippen MR) is 108 cm³/mol. The van der Waals surface area contributed by atoms with Crippen molar-refractivity contribution >= 4 is 17.2 Å². The van der Waals surface area contributed by atoms with E-state index in [0.717, 1.165) is 5.56 Å². The molecule has 0 saturated carbocycles. The minimum absolute atomic E-state index is 0.0530. The highest BCUT2D eigenvalue weighted by Gasteiger charge is 2.52. The van der Waals surface area contributed by atoms with Gasteiger partial charge in [0.05, 0.1) is 11.3 Å². The van der Waals surface area contributed by atoms with Crippen molar-refractivity contribution in [1.82, 2.24) is 0 Å². The van der Waals surface area contributed by atoms with Crippen molar-refractivity contribution in [3.05, 3.63) is 100 Å². The molecule has 0 amide bonds. The zero-order valence-corrected chi connectivity index (χ0v) is 15.7. The second-order valence-corrected chi connectivity index (χ2v) is 7.40. The van der Waals surface area contributed by atoms with Crippen LogP contribution >= 0.6 is 0 Å². The molecule has 1 aliphatic heterocycles. The van der Waals surface area contributed by atoms with Crippen LogP contribution in [0.4, 0.5) is 10.1 Å². The number of halogens is 1. The Hall–Kier alpha value is -3.60. The van der Waals surface area contributed by atoms with Gasteiger partial charge < -0.3 is 15.2 Å². The van der Waals surface area contributed by atoms with E-state index in [2.05, 4.69) is 5.32 Å². The summed E-state index contributed by atoms with van der Waals surface area (Å²) in [7, 11) is 0. The van der Waals surface area contributed by atoms with Crippen molar-refractivity contribution in [2.75, 3.05) is 11.9 Å². The lowest BCUT2D eigenvalue weighted by Crippen LogP contribution is -2.46. The molecule has 3 aromatic carbocycles. The number of anilines is 1. The Kier molecular flexibility index (Phi) is 3.74. The summed E-state index contributed by atoms with van der Waals surface area (Å²) >= 11 is 0. The fraction of sp³-hybridized carbons (Fsp3) is 0.125. The van der Waals surface area contributed by atoms with E-state index in [9.17, 15) is 9.90 Å². The number of rotatable bonds is 2. The molecule has 0 fully saturated rings. The largest absolute Gasteiger partial charge is 0.488 e. The molecule has 0 bridgehead atoms. The van der Waals surface area contributed by atoms with Crippen LogP contribution in [0.15, 0.2) is 72.3 Å². The average molecular weight is 387 g/mol. The first-order valence-corrected chi connectivity index (χ1v) is 9.36. The fourth-order valence-electron chi connectivity index (χ4n) is 4.33. The molecular formula is C24H18FNO3. The second kappa shape index (κ2) is 6.21. The summed E-state index contributed by atoms with van der Waals surface area (Å²) in [6, 6.07) is 19.6. The van der Waals surface area contributed by atoms with Crippen molar-refractivity contribution in [3.8, 4) is 5.75 Å². The summed E-state index contributed by atoms with van der Waals surface area (Å²) in [4.78, 5) is 12.5. The molecule has 1 unspecified atom stereocenters. The summed E-state index contributed by atoms with van der Waals surface area (Å²) in [5.41, 5.74) is 2.56. The summed E-state index contributed by atoms with van der Waals surface area (Å²) in [6.07, 6.45) is 0. The number of aliphatic carboxylic acids is 1. The number of hydrogen-bond acceptors (Lipinski definition) is 3. The molecule has 3 aromatic rings. The number of carboxylic acid groups (broad SMARTS) is 1. The summed E-state index contributed by atoms with van der Waals surface area (Å²) < 4.78 is 21.0. The van der Waals surface area contributed by atoms with Gasteiger partial charge in [-0.05, 0) is 36.2 Å². The summed E-state index contributed by atoms with van der Waals surface area (Å²) in [5, 5.41) is 13.6. The lowest BCUT2D eigenvalue weighted by atomic mass is 9.85. The van der Waals surface area contributed by atoms with E-state index in [1.54, 1.807) is 12.1 Å². The number of hydrogen-bond donors (Lipinski definition) is 2. The van der Waals surface area contributed by atoms with E-state index < -0.39 is 17.3 Å². The van der Waals surface area contributed by atoms with Gasteiger partial charge in [0.25, 0.3) is 0 Å². The zero-order chi connectivity index (χ0) is 20.2. The Balaban J connectivity index is 1.83. The molecule has 1 spiro atoms. The van der Waals surface area contributed by atoms with Crippen LogP contribution in [0.2, 0.25) is 0 Å². The summed E-state index contributed by atoms with van der Waals surface area (Å²) in [6.45, 7) is 2.01. The maximum absolute atomic E-state index is 15.1. The molecule has 2 N–H and O–H groups in total. The number of carboxylic acids is 1. The normalized spacial score (nSPS) is 19.4. The van der Waals surface area contributed by atoms with Crippen molar-refractivity contribution in [3.63, 3.8) is 0 Å².